The van der Waals surface area contributed by atoms with Gasteiger partial charge in [-0.05, 0) is 31.2 Å². The third-order valence-electron chi connectivity index (χ3n) is 3.29. The molecule has 3 aromatic rings. The lowest BCUT2D eigenvalue weighted by molar-refractivity contribution is 0.102. The maximum atomic E-state index is 12.2. The first-order chi connectivity index (χ1) is 12.1. The Labute approximate surface area is 152 Å². The van der Waals surface area contributed by atoms with E-state index in [1.807, 2.05) is 74.9 Å². The first-order valence-corrected chi connectivity index (χ1v) is 8.86. The summed E-state index contributed by atoms with van der Waals surface area (Å²) in [7, 11) is 1.89. The minimum atomic E-state index is -0.146. The van der Waals surface area contributed by atoms with Gasteiger partial charge in [0.2, 0.25) is 5.95 Å². The normalized spacial score (nSPS) is 9.52. The van der Waals surface area contributed by atoms with Crippen LogP contribution in [0.4, 0.5) is 5.95 Å². The molecule has 0 unspecified atom stereocenters. The number of carbonyl (C=O) groups is 1. The van der Waals surface area contributed by atoms with Gasteiger partial charge in [-0.2, -0.15) is 0 Å². The number of hydrogen-bond acceptors (Lipinski definition) is 2. The van der Waals surface area contributed by atoms with Crippen molar-refractivity contribution in [3.8, 4) is 0 Å². The second kappa shape index (κ2) is 10.3. The maximum absolute atomic E-state index is 12.2. The third-order valence-corrected chi connectivity index (χ3v) is 3.29. The summed E-state index contributed by atoms with van der Waals surface area (Å²) in [5, 5.41) is 2.86. The van der Waals surface area contributed by atoms with E-state index in [1.165, 1.54) is 6.42 Å². The summed E-state index contributed by atoms with van der Waals surface area (Å²) in [5.74, 6) is 0.407. The molecule has 0 aliphatic rings. The molecule has 0 saturated carbocycles. The molecule has 1 amide bonds. The smallest absolute Gasteiger partial charge is 0.257 e. The van der Waals surface area contributed by atoms with Gasteiger partial charge in [-0.25, -0.2) is 4.98 Å². The number of aryl methyl sites for hydroxylation is 2. The Bertz CT molecular complexity index is 812. The van der Waals surface area contributed by atoms with Gasteiger partial charge in [0, 0.05) is 14.0 Å². The Morgan fingerprint density at radius 2 is 1.76 bits per heavy atom. The fourth-order valence-electron chi connectivity index (χ4n) is 2.22. The van der Waals surface area contributed by atoms with E-state index in [1.54, 1.807) is 6.07 Å². The number of aromatic nitrogens is 2. The molecule has 0 spiro atoms. The molecule has 4 nitrogen and oxygen atoms in total. The highest BCUT2D eigenvalue weighted by Gasteiger charge is 2.11. The molecule has 0 saturated heterocycles. The van der Waals surface area contributed by atoms with Crippen LogP contribution in [-0.4, -0.2) is 15.5 Å². The molecule has 3 rings (SSSR count). The number of hydrogen-bond donors (Lipinski definition) is 1. The van der Waals surface area contributed by atoms with Crippen LogP contribution in [-0.2, 0) is 7.05 Å². The highest BCUT2D eigenvalue weighted by atomic mass is 16.1. The van der Waals surface area contributed by atoms with Gasteiger partial charge in [-0.1, -0.05) is 63.9 Å². The largest absolute Gasteiger partial charge is 0.313 e. The zero-order valence-corrected chi connectivity index (χ0v) is 16.1. The molecule has 1 heterocycles. The zero-order valence-electron chi connectivity index (χ0n) is 16.1. The Kier molecular flexibility index (Phi) is 8.40. The van der Waals surface area contributed by atoms with Crippen LogP contribution < -0.4 is 5.32 Å². The molecular weight excluding hydrogens is 310 g/mol. The van der Waals surface area contributed by atoms with E-state index in [-0.39, 0.29) is 7.33 Å². The number of carbonyl (C=O) groups excluding carboxylic acids is 1. The van der Waals surface area contributed by atoms with Crippen LogP contribution in [0, 0.1) is 6.92 Å². The first-order valence-electron chi connectivity index (χ1n) is 8.86. The molecule has 1 N–H and O–H groups in total. The Morgan fingerprint density at radius 1 is 1.12 bits per heavy atom. The van der Waals surface area contributed by atoms with Crippen molar-refractivity contribution in [1.82, 2.24) is 9.55 Å². The van der Waals surface area contributed by atoms with Crippen molar-refractivity contribution in [3.05, 3.63) is 59.7 Å². The summed E-state index contributed by atoms with van der Waals surface area (Å²) >= 11 is 0. The molecule has 4 heteroatoms. The molecule has 0 aliphatic heterocycles. The highest BCUT2D eigenvalue weighted by Crippen LogP contribution is 2.18. The Hall–Kier alpha value is -2.62. The van der Waals surface area contributed by atoms with E-state index in [2.05, 4.69) is 24.1 Å². The van der Waals surface area contributed by atoms with Gasteiger partial charge >= 0.3 is 0 Å². The zero-order chi connectivity index (χ0) is 18.8. The van der Waals surface area contributed by atoms with Crippen LogP contribution in [0.5, 0.6) is 0 Å². The molecule has 0 aliphatic carbocycles. The summed E-state index contributed by atoms with van der Waals surface area (Å²) in [6, 6.07) is 15.3. The van der Waals surface area contributed by atoms with Crippen LogP contribution in [0.2, 0.25) is 0 Å². The summed E-state index contributed by atoms with van der Waals surface area (Å²) < 4.78 is 1.88. The van der Waals surface area contributed by atoms with Crippen molar-refractivity contribution in [1.29, 1.82) is 0 Å². The maximum Gasteiger partial charge on any atom is 0.257 e. The summed E-state index contributed by atoms with van der Waals surface area (Å²) in [6.07, 6.45) is 1.25. The molecule has 0 bridgehead atoms. The number of anilines is 1. The van der Waals surface area contributed by atoms with Gasteiger partial charge in [-0.15, -0.1) is 0 Å². The first kappa shape index (κ1) is 20.4. The molecule has 0 atom stereocenters. The SMILES string of the molecule is CC.CCC.Cc1cccc(C(=O)Nc2nc3ccccc3n2C)c1.[HH]. The number of benzene rings is 2. The number of amides is 1. The van der Waals surface area contributed by atoms with Gasteiger partial charge in [0.05, 0.1) is 11.0 Å². The van der Waals surface area contributed by atoms with Gasteiger partial charge in [0.1, 0.15) is 0 Å². The van der Waals surface area contributed by atoms with E-state index in [4.69, 9.17) is 0 Å². The van der Waals surface area contributed by atoms with Crippen molar-refractivity contribution in [2.45, 2.75) is 41.0 Å². The number of imidazole rings is 1. The van der Waals surface area contributed by atoms with Gasteiger partial charge in [0.25, 0.3) is 5.91 Å². The highest BCUT2D eigenvalue weighted by molar-refractivity contribution is 6.04. The number of fused-ring (bicyclic) bond motifs is 1. The molecule has 136 valence electrons. The average Bonchev–Trinajstić information content (AvgIpc) is 2.93. The van der Waals surface area contributed by atoms with Crippen LogP contribution >= 0.6 is 0 Å². The minimum Gasteiger partial charge on any atom is -0.313 e. The molecule has 25 heavy (non-hydrogen) atoms. The predicted molar refractivity (Wildman–Crippen MR) is 109 cm³/mol. The minimum absolute atomic E-state index is 0. The Balaban J connectivity index is 0.000000949. The predicted octanol–water partition coefficient (Wildman–Crippen LogP) is 5.82. The second-order valence-electron chi connectivity index (χ2n) is 5.51. The standard InChI is InChI=1S/C16H15N3O.C3H8.C2H6.H2/c1-11-6-5-7-12(10-11)15(20)18-16-17-13-8-3-4-9-14(13)19(16)2;1-3-2;1-2;/h3-10H,1-2H3,(H,17,18,20);3H2,1-2H3;1-2H3;1H. The van der Waals surface area contributed by atoms with Crippen LogP contribution in [0.15, 0.2) is 48.5 Å². The van der Waals surface area contributed by atoms with Gasteiger partial charge < -0.3 is 4.57 Å². The molecule has 0 fully saturated rings. The fraction of sp³-hybridized carbons (Fsp3) is 0.333. The van der Waals surface area contributed by atoms with Crippen molar-refractivity contribution < 1.29 is 6.22 Å². The van der Waals surface area contributed by atoms with E-state index >= 15 is 0 Å². The van der Waals surface area contributed by atoms with Gasteiger partial charge in [-0.3, -0.25) is 10.1 Å². The fourth-order valence-corrected chi connectivity index (χ4v) is 2.22. The summed E-state index contributed by atoms with van der Waals surface area (Å²) in [5.41, 5.74) is 3.56. The Morgan fingerprint density at radius 3 is 2.36 bits per heavy atom. The van der Waals surface area contributed by atoms with E-state index in [9.17, 15) is 4.79 Å². The molecule has 1 aromatic heterocycles. The number of rotatable bonds is 2. The van der Waals surface area contributed by atoms with Crippen molar-refractivity contribution in [2.75, 3.05) is 5.32 Å². The van der Waals surface area contributed by atoms with Crippen LogP contribution in [0.25, 0.3) is 11.0 Å². The second-order valence-corrected chi connectivity index (χ2v) is 5.51. The number of nitrogens with one attached hydrogen (secondary N) is 1. The quantitative estimate of drug-likeness (QED) is 0.638. The van der Waals surface area contributed by atoms with E-state index in [0.717, 1.165) is 16.6 Å². The lowest BCUT2D eigenvalue weighted by Crippen LogP contribution is -2.15. The van der Waals surface area contributed by atoms with Crippen molar-refractivity contribution in [2.24, 2.45) is 7.05 Å². The third kappa shape index (κ3) is 5.45. The monoisotopic (exact) mass is 341 g/mol. The molecule has 0 radical (unpaired) electrons. The van der Waals surface area contributed by atoms with E-state index < -0.39 is 0 Å². The average molecular weight is 341 g/mol. The summed E-state index contributed by atoms with van der Waals surface area (Å²) in [6.45, 7) is 10.2. The van der Waals surface area contributed by atoms with Crippen LogP contribution in [0.3, 0.4) is 0 Å². The van der Waals surface area contributed by atoms with E-state index in [0.29, 0.717) is 11.5 Å². The molecule has 2 aromatic carbocycles. The molecular formula is C21H31N3O. The van der Waals surface area contributed by atoms with Crippen LogP contribution in [0.1, 0.15) is 51.5 Å². The number of para-hydroxylation sites is 2. The van der Waals surface area contributed by atoms with Crippen molar-refractivity contribution in [3.63, 3.8) is 0 Å². The lowest BCUT2D eigenvalue weighted by atomic mass is 10.1. The topological polar surface area (TPSA) is 46.9 Å². The van der Waals surface area contributed by atoms with Gasteiger partial charge in [0.15, 0.2) is 0 Å². The van der Waals surface area contributed by atoms with Crippen molar-refractivity contribution >= 4 is 22.9 Å². The summed E-state index contributed by atoms with van der Waals surface area (Å²) in [4.78, 5) is 16.7. The number of nitrogens with zero attached hydrogens (tertiary/aromatic N) is 2. The lowest BCUT2D eigenvalue weighted by Gasteiger charge is -2.05.